The third-order valence-electron chi connectivity index (χ3n) is 0.999. The highest BCUT2D eigenvalue weighted by atomic mass is 16.4. The van der Waals surface area contributed by atoms with Gasteiger partial charge in [-0.25, -0.2) is 4.79 Å². The Kier molecular flexibility index (Phi) is 3.72. The van der Waals surface area contributed by atoms with E-state index in [-0.39, 0.29) is 0 Å². The molecule has 11 heavy (non-hydrogen) atoms. The largest absolute Gasteiger partial charge is 0.478 e. The first kappa shape index (κ1) is 9.48. The third kappa shape index (κ3) is 4.95. The maximum atomic E-state index is 10.4. The summed E-state index contributed by atoms with van der Waals surface area (Å²) in [5.41, 5.74) is 4.87. The molecule has 0 aliphatic rings. The van der Waals surface area contributed by atoms with Crippen molar-refractivity contribution in [2.24, 2.45) is 5.73 Å². The van der Waals surface area contributed by atoms with Gasteiger partial charge in [-0.1, -0.05) is 0 Å². The molecule has 0 heterocycles. The minimum absolute atomic E-state index is 0.528. The first-order chi connectivity index (χ1) is 5.04. The Bertz CT molecular complexity index is 188. The molecule has 1 atom stereocenters. The number of carboxylic acids is 1. The summed E-state index contributed by atoms with van der Waals surface area (Å²) < 4.78 is 0. The SMILES string of the molecule is CC(N/C=C/C(=O)O)C(N)=O. The van der Waals surface area contributed by atoms with Gasteiger partial charge in [0.05, 0.1) is 0 Å². The Labute approximate surface area is 63.9 Å². The van der Waals surface area contributed by atoms with Gasteiger partial charge in [0.1, 0.15) is 6.04 Å². The maximum Gasteiger partial charge on any atom is 0.329 e. The lowest BCUT2D eigenvalue weighted by Gasteiger charge is -2.04. The van der Waals surface area contributed by atoms with Gasteiger partial charge < -0.3 is 16.2 Å². The zero-order valence-corrected chi connectivity index (χ0v) is 6.07. The van der Waals surface area contributed by atoms with E-state index in [1.165, 1.54) is 6.92 Å². The number of hydrogen-bond donors (Lipinski definition) is 3. The lowest BCUT2D eigenvalue weighted by molar-refractivity contribution is -0.131. The Balaban J connectivity index is 3.70. The molecule has 62 valence electrons. The highest BCUT2D eigenvalue weighted by Crippen LogP contribution is 1.78. The van der Waals surface area contributed by atoms with Crippen molar-refractivity contribution in [3.05, 3.63) is 12.3 Å². The topological polar surface area (TPSA) is 92.4 Å². The second kappa shape index (κ2) is 4.32. The predicted molar refractivity (Wildman–Crippen MR) is 38.6 cm³/mol. The summed E-state index contributed by atoms with van der Waals surface area (Å²) in [4.78, 5) is 20.3. The van der Waals surface area contributed by atoms with E-state index >= 15 is 0 Å². The van der Waals surface area contributed by atoms with E-state index < -0.39 is 17.9 Å². The minimum Gasteiger partial charge on any atom is -0.478 e. The van der Waals surface area contributed by atoms with Crippen molar-refractivity contribution < 1.29 is 14.7 Å². The van der Waals surface area contributed by atoms with Crippen molar-refractivity contribution in [1.29, 1.82) is 0 Å². The van der Waals surface area contributed by atoms with Crippen LogP contribution in [0.1, 0.15) is 6.92 Å². The average Bonchev–Trinajstić information content (AvgIpc) is 1.86. The molecule has 0 aliphatic carbocycles. The Morgan fingerprint density at radius 1 is 1.64 bits per heavy atom. The van der Waals surface area contributed by atoms with Gasteiger partial charge in [0, 0.05) is 12.3 Å². The van der Waals surface area contributed by atoms with Crippen molar-refractivity contribution >= 4 is 11.9 Å². The monoisotopic (exact) mass is 158 g/mol. The van der Waals surface area contributed by atoms with Crippen molar-refractivity contribution in [1.82, 2.24) is 5.32 Å². The number of nitrogens with two attached hydrogens (primary N) is 1. The minimum atomic E-state index is -1.07. The van der Waals surface area contributed by atoms with E-state index in [1.54, 1.807) is 0 Å². The maximum absolute atomic E-state index is 10.4. The molecule has 0 bridgehead atoms. The second-order valence-electron chi connectivity index (χ2n) is 1.96. The van der Waals surface area contributed by atoms with E-state index in [1.807, 2.05) is 0 Å². The summed E-state index contributed by atoms with van der Waals surface area (Å²) in [6.45, 7) is 1.54. The second-order valence-corrected chi connectivity index (χ2v) is 1.96. The molecule has 0 rings (SSSR count). The first-order valence-corrected chi connectivity index (χ1v) is 2.99. The van der Waals surface area contributed by atoms with Gasteiger partial charge >= 0.3 is 5.97 Å². The number of hydrogen-bond acceptors (Lipinski definition) is 3. The van der Waals surface area contributed by atoms with Crippen LogP contribution in [0.15, 0.2) is 12.3 Å². The number of carbonyl (C=O) groups excluding carboxylic acids is 1. The van der Waals surface area contributed by atoms with Gasteiger partial charge in [0.15, 0.2) is 0 Å². The summed E-state index contributed by atoms with van der Waals surface area (Å²) in [7, 11) is 0. The van der Waals surface area contributed by atoms with Gasteiger partial charge in [-0.15, -0.1) is 0 Å². The fourth-order valence-corrected chi connectivity index (χ4v) is 0.346. The molecule has 0 aromatic carbocycles. The molecule has 0 saturated carbocycles. The van der Waals surface area contributed by atoms with Crippen LogP contribution in [0.3, 0.4) is 0 Å². The molecule has 0 aromatic rings. The van der Waals surface area contributed by atoms with E-state index in [4.69, 9.17) is 10.8 Å². The highest BCUT2D eigenvalue weighted by molar-refractivity contribution is 5.81. The Hall–Kier alpha value is -1.52. The van der Waals surface area contributed by atoms with Crippen molar-refractivity contribution in [2.45, 2.75) is 13.0 Å². The summed E-state index contributed by atoms with van der Waals surface area (Å²) in [6, 6.07) is -0.550. The first-order valence-electron chi connectivity index (χ1n) is 2.99. The van der Waals surface area contributed by atoms with Crippen LogP contribution in [0, 0.1) is 0 Å². The molecule has 5 nitrogen and oxygen atoms in total. The summed E-state index contributed by atoms with van der Waals surface area (Å²) in [5.74, 6) is -1.60. The molecule has 0 fully saturated rings. The normalized spacial score (nSPS) is 12.8. The third-order valence-corrected chi connectivity index (χ3v) is 0.999. The molecule has 0 aliphatic heterocycles. The van der Waals surface area contributed by atoms with Crippen LogP contribution < -0.4 is 11.1 Å². The van der Waals surface area contributed by atoms with E-state index in [9.17, 15) is 9.59 Å². The van der Waals surface area contributed by atoms with Crippen molar-refractivity contribution in [3.63, 3.8) is 0 Å². The van der Waals surface area contributed by atoms with Crippen LogP contribution in [-0.4, -0.2) is 23.0 Å². The van der Waals surface area contributed by atoms with Crippen LogP contribution in [0.25, 0.3) is 0 Å². The number of carboxylic acid groups (broad SMARTS) is 1. The summed E-state index contributed by atoms with van der Waals surface area (Å²) >= 11 is 0. The van der Waals surface area contributed by atoms with Gasteiger partial charge in [-0.3, -0.25) is 4.79 Å². The fourth-order valence-electron chi connectivity index (χ4n) is 0.346. The zero-order chi connectivity index (χ0) is 8.85. The zero-order valence-electron chi connectivity index (χ0n) is 6.07. The molecular formula is C6H10N2O3. The van der Waals surface area contributed by atoms with Gasteiger partial charge in [0.25, 0.3) is 0 Å². The van der Waals surface area contributed by atoms with Crippen LogP contribution in [0.2, 0.25) is 0 Å². The smallest absolute Gasteiger partial charge is 0.329 e. The van der Waals surface area contributed by atoms with Gasteiger partial charge in [0.2, 0.25) is 5.91 Å². The number of rotatable bonds is 4. The van der Waals surface area contributed by atoms with E-state index in [0.29, 0.717) is 0 Å². The molecule has 0 saturated heterocycles. The fraction of sp³-hybridized carbons (Fsp3) is 0.333. The van der Waals surface area contributed by atoms with E-state index in [0.717, 1.165) is 12.3 Å². The molecule has 5 heteroatoms. The Morgan fingerprint density at radius 3 is 2.55 bits per heavy atom. The Morgan fingerprint density at radius 2 is 2.18 bits per heavy atom. The summed E-state index contributed by atoms with van der Waals surface area (Å²) in [5, 5.41) is 10.6. The number of aliphatic carboxylic acids is 1. The van der Waals surface area contributed by atoms with Crippen LogP contribution in [0.5, 0.6) is 0 Å². The number of amides is 1. The van der Waals surface area contributed by atoms with Crippen molar-refractivity contribution in [3.8, 4) is 0 Å². The predicted octanol–water partition coefficient (Wildman–Crippen LogP) is -0.952. The van der Waals surface area contributed by atoms with E-state index in [2.05, 4.69) is 5.32 Å². The van der Waals surface area contributed by atoms with Gasteiger partial charge in [-0.2, -0.15) is 0 Å². The average molecular weight is 158 g/mol. The molecule has 1 unspecified atom stereocenters. The van der Waals surface area contributed by atoms with Crippen LogP contribution >= 0.6 is 0 Å². The molecule has 1 amide bonds. The molecule has 0 spiro atoms. The summed E-state index contributed by atoms with van der Waals surface area (Å²) in [6.07, 6.45) is 2.05. The number of nitrogens with one attached hydrogen (secondary N) is 1. The van der Waals surface area contributed by atoms with Crippen molar-refractivity contribution in [2.75, 3.05) is 0 Å². The molecular weight excluding hydrogens is 148 g/mol. The number of primary amides is 1. The molecule has 4 N–H and O–H groups in total. The molecule has 0 aromatic heterocycles. The quantitative estimate of drug-likeness (QED) is 0.460. The lowest BCUT2D eigenvalue weighted by Crippen LogP contribution is -2.35. The lowest BCUT2D eigenvalue weighted by atomic mass is 10.3. The standard InChI is InChI=1S/C6H10N2O3/c1-4(6(7)11)8-3-2-5(9)10/h2-4,8H,1H3,(H2,7,11)(H,9,10)/b3-2+. The number of carbonyl (C=O) groups is 2. The van der Waals surface area contributed by atoms with Crippen LogP contribution in [-0.2, 0) is 9.59 Å². The van der Waals surface area contributed by atoms with Crippen LogP contribution in [0.4, 0.5) is 0 Å². The highest BCUT2D eigenvalue weighted by Gasteiger charge is 2.03. The van der Waals surface area contributed by atoms with Gasteiger partial charge in [-0.05, 0) is 6.92 Å². The molecule has 0 radical (unpaired) electrons.